The van der Waals surface area contributed by atoms with Gasteiger partial charge in [0.25, 0.3) is 0 Å². The number of nitrogens with one attached hydrogen (secondary N) is 1. The molecule has 5 heteroatoms. The molecule has 2 saturated heterocycles. The fourth-order valence-electron chi connectivity index (χ4n) is 5.64. The molecule has 5 rings (SSSR count). The van der Waals surface area contributed by atoms with Crippen LogP contribution in [0.4, 0.5) is 5.69 Å². The van der Waals surface area contributed by atoms with Crippen LogP contribution in [0.1, 0.15) is 18.4 Å². The minimum absolute atomic E-state index is 0.00687. The van der Waals surface area contributed by atoms with Crippen LogP contribution >= 0.6 is 0 Å². The minimum atomic E-state index is -0.248. The lowest BCUT2D eigenvalue weighted by atomic mass is 9.62. The Bertz CT molecular complexity index is 828. The van der Waals surface area contributed by atoms with E-state index >= 15 is 0 Å². The van der Waals surface area contributed by atoms with Crippen molar-refractivity contribution in [3.05, 3.63) is 52.7 Å². The number of aliphatic hydroxyl groups excluding tert-OH is 1. The number of aliphatic hydroxyl groups is 1. The largest absolute Gasteiger partial charge is 0.466 e. The fraction of sp³-hybridized carbons (Fsp3) is 0.450. The lowest BCUT2D eigenvalue weighted by Gasteiger charge is -2.48. The zero-order chi connectivity index (χ0) is 17.2. The summed E-state index contributed by atoms with van der Waals surface area (Å²) in [6, 6.07) is 8.82. The first-order valence-electron chi connectivity index (χ1n) is 8.94. The smallest absolute Gasteiger partial charge is 0.336 e. The van der Waals surface area contributed by atoms with Gasteiger partial charge in [0.2, 0.25) is 0 Å². The van der Waals surface area contributed by atoms with Crippen molar-refractivity contribution in [2.24, 2.45) is 5.92 Å². The molecule has 3 atom stereocenters. The van der Waals surface area contributed by atoms with E-state index in [0.717, 1.165) is 48.5 Å². The summed E-state index contributed by atoms with van der Waals surface area (Å²) in [7, 11) is 1.45. The molecule has 0 aromatic heterocycles. The number of esters is 1. The van der Waals surface area contributed by atoms with E-state index in [9.17, 15) is 9.90 Å². The number of piperidine rings is 1. The molecule has 130 valence electrons. The monoisotopic (exact) mass is 338 g/mol. The number of hydrogen-bond acceptors (Lipinski definition) is 5. The summed E-state index contributed by atoms with van der Waals surface area (Å²) in [4.78, 5) is 15.3. The van der Waals surface area contributed by atoms with Crippen molar-refractivity contribution in [3.8, 4) is 0 Å². The number of ether oxygens (including phenoxy) is 1. The predicted octanol–water partition coefficient (Wildman–Crippen LogP) is 1.80. The molecule has 1 unspecified atom stereocenters. The Morgan fingerprint density at radius 3 is 3.12 bits per heavy atom. The maximum atomic E-state index is 12.8. The lowest BCUT2D eigenvalue weighted by Crippen LogP contribution is -2.53. The van der Waals surface area contributed by atoms with Gasteiger partial charge in [-0.15, -0.1) is 0 Å². The number of hydrogen-bond donors (Lipinski definition) is 2. The molecule has 2 bridgehead atoms. The zero-order valence-electron chi connectivity index (χ0n) is 14.3. The van der Waals surface area contributed by atoms with Gasteiger partial charge >= 0.3 is 5.97 Å². The van der Waals surface area contributed by atoms with E-state index < -0.39 is 0 Å². The summed E-state index contributed by atoms with van der Waals surface area (Å²) in [6.07, 6.45) is 3.80. The van der Waals surface area contributed by atoms with Crippen molar-refractivity contribution in [1.82, 2.24) is 4.90 Å². The second-order valence-electron chi connectivity index (χ2n) is 7.41. The second kappa shape index (κ2) is 5.19. The van der Waals surface area contributed by atoms with Crippen LogP contribution in [0.2, 0.25) is 0 Å². The van der Waals surface area contributed by atoms with E-state index in [2.05, 4.69) is 28.4 Å². The first-order chi connectivity index (χ1) is 12.2. The molecule has 3 heterocycles. The Kier molecular flexibility index (Phi) is 3.15. The van der Waals surface area contributed by atoms with Crippen molar-refractivity contribution in [1.29, 1.82) is 0 Å². The Morgan fingerprint density at radius 1 is 1.48 bits per heavy atom. The number of carbonyl (C=O) groups is 1. The van der Waals surface area contributed by atoms with Gasteiger partial charge in [-0.3, -0.25) is 4.90 Å². The van der Waals surface area contributed by atoms with Crippen molar-refractivity contribution in [2.45, 2.75) is 24.3 Å². The molecular formula is C20H22N2O3. The molecular weight excluding hydrogens is 316 g/mol. The molecule has 1 aliphatic carbocycles. The van der Waals surface area contributed by atoms with Crippen LogP contribution in [0.3, 0.4) is 0 Å². The van der Waals surface area contributed by atoms with Crippen molar-refractivity contribution < 1.29 is 14.6 Å². The lowest BCUT2D eigenvalue weighted by molar-refractivity contribution is -0.137. The van der Waals surface area contributed by atoms with E-state index in [1.807, 2.05) is 12.1 Å². The Hall–Kier alpha value is -2.11. The van der Waals surface area contributed by atoms with Gasteiger partial charge in [0.05, 0.1) is 24.7 Å². The first-order valence-corrected chi connectivity index (χ1v) is 8.94. The topological polar surface area (TPSA) is 61.8 Å². The van der Waals surface area contributed by atoms with Crippen LogP contribution in [0.15, 0.2) is 47.2 Å². The molecule has 4 aliphatic rings. The summed E-state index contributed by atoms with van der Waals surface area (Å²) in [5.74, 6) is -0.216. The predicted molar refractivity (Wildman–Crippen MR) is 94.0 cm³/mol. The number of para-hydroxylation sites is 1. The summed E-state index contributed by atoms with van der Waals surface area (Å²) in [5, 5.41) is 13.0. The molecule has 25 heavy (non-hydrogen) atoms. The third-order valence-electron chi connectivity index (χ3n) is 6.59. The molecule has 0 radical (unpaired) electrons. The van der Waals surface area contributed by atoms with Gasteiger partial charge < -0.3 is 15.2 Å². The van der Waals surface area contributed by atoms with E-state index in [1.54, 1.807) is 0 Å². The first kappa shape index (κ1) is 15.2. The van der Waals surface area contributed by atoms with Gasteiger partial charge in [0, 0.05) is 36.4 Å². The number of anilines is 1. The van der Waals surface area contributed by atoms with Crippen molar-refractivity contribution >= 4 is 11.7 Å². The standard InChI is InChI=1S/C20H22N2O3/c1-25-19(24)17-13-10-16-20(7-8-22(16)11-12(13)6-9-23)14-4-2-3-5-15(14)21-18(17)20/h2-6,13,16,21,23H,7-11H2,1H3/b12-6-/t13-,16+,20?/m0/s1. The number of carbonyl (C=O) groups excluding carboxylic acids is 1. The van der Waals surface area contributed by atoms with Gasteiger partial charge in [0.1, 0.15) is 0 Å². The van der Waals surface area contributed by atoms with Crippen LogP contribution in [-0.2, 0) is 14.9 Å². The normalized spacial score (nSPS) is 33.9. The molecule has 3 aliphatic heterocycles. The van der Waals surface area contributed by atoms with Crippen LogP contribution < -0.4 is 5.32 Å². The molecule has 1 aromatic rings. The quantitative estimate of drug-likeness (QED) is 0.636. The van der Waals surface area contributed by atoms with Crippen molar-refractivity contribution in [3.63, 3.8) is 0 Å². The summed E-state index contributed by atoms with van der Waals surface area (Å²) < 4.78 is 5.18. The van der Waals surface area contributed by atoms with Crippen molar-refractivity contribution in [2.75, 3.05) is 32.1 Å². The molecule has 2 fully saturated rings. The minimum Gasteiger partial charge on any atom is -0.466 e. The molecule has 2 N–H and O–H groups in total. The Balaban J connectivity index is 1.79. The molecule has 1 spiro atoms. The maximum Gasteiger partial charge on any atom is 0.336 e. The van der Waals surface area contributed by atoms with Gasteiger partial charge in [-0.05, 0) is 24.5 Å². The molecule has 1 aromatic carbocycles. The number of fused-ring (bicyclic) bond motifs is 2. The third-order valence-corrected chi connectivity index (χ3v) is 6.59. The maximum absolute atomic E-state index is 12.8. The second-order valence-corrected chi connectivity index (χ2v) is 7.41. The highest BCUT2D eigenvalue weighted by molar-refractivity contribution is 5.94. The van der Waals surface area contributed by atoms with Gasteiger partial charge in [-0.1, -0.05) is 29.8 Å². The van der Waals surface area contributed by atoms with E-state index in [0.29, 0.717) is 6.04 Å². The molecule has 0 amide bonds. The average molecular weight is 338 g/mol. The van der Waals surface area contributed by atoms with Crippen LogP contribution in [-0.4, -0.2) is 48.8 Å². The molecule has 0 saturated carbocycles. The van der Waals surface area contributed by atoms with E-state index in [1.165, 1.54) is 12.7 Å². The molecule has 5 nitrogen and oxygen atoms in total. The summed E-state index contributed by atoms with van der Waals surface area (Å²) in [5.41, 5.74) is 5.23. The fourth-order valence-corrected chi connectivity index (χ4v) is 5.64. The third kappa shape index (κ3) is 1.77. The Morgan fingerprint density at radius 2 is 2.32 bits per heavy atom. The summed E-state index contributed by atoms with van der Waals surface area (Å²) in [6.45, 7) is 1.84. The Labute approximate surface area is 147 Å². The van der Waals surface area contributed by atoms with Gasteiger partial charge in [-0.2, -0.15) is 0 Å². The summed E-state index contributed by atoms with van der Waals surface area (Å²) >= 11 is 0. The average Bonchev–Trinajstić information content (AvgIpc) is 3.18. The highest BCUT2D eigenvalue weighted by Crippen LogP contribution is 2.61. The SMILES string of the molecule is COC(=O)C1=C2Nc3ccccc3C23CCN2C/C(=C/CO)[C@@H]1C[C@@H]23. The number of nitrogens with zero attached hydrogens (tertiary/aromatic N) is 1. The van der Waals surface area contributed by atoms with Crippen LogP contribution in [0, 0.1) is 5.92 Å². The highest BCUT2D eigenvalue weighted by Gasteiger charge is 2.62. The number of benzene rings is 1. The van der Waals surface area contributed by atoms with Gasteiger partial charge in [-0.25, -0.2) is 4.79 Å². The van der Waals surface area contributed by atoms with E-state index in [-0.39, 0.29) is 23.9 Å². The number of rotatable bonds is 2. The number of methoxy groups -OCH3 is 1. The highest BCUT2D eigenvalue weighted by atomic mass is 16.5. The van der Waals surface area contributed by atoms with Gasteiger partial charge in [0.15, 0.2) is 0 Å². The zero-order valence-corrected chi connectivity index (χ0v) is 14.3. The van der Waals surface area contributed by atoms with E-state index in [4.69, 9.17) is 4.74 Å². The van der Waals surface area contributed by atoms with Crippen LogP contribution in [0.5, 0.6) is 0 Å². The van der Waals surface area contributed by atoms with Crippen LogP contribution in [0.25, 0.3) is 0 Å².